The minimum Gasteiger partial charge on any atom is -0.372 e. The third-order valence-corrected chi connectivity index (χ3v) is 5.16. The predicted octanol–water partition coefficient (Wildman–Crippen LogP) is 2.87. The van der Waals surface area contributed by atoms with Crippen molar-refractivity contribution in [1.29, 1.82) is 0 Å². The summed E-state index contributed by atoms with van der Waals surface area (Å²) in [5, 5.41) is 1.02. The third-order valence-electron chi connectivity index (χ3n) is 3.98. The Bertz CT molecular complexity index is 731. The summed E-state index contributed by atoms with van der Waals surface area (Å²) in [7, 11) is 0. The number of ether oxygens (including phenoxy) is 1. The molecule has 0 bridgehead atoms. The molecule has 0 saturated carbocycles. The molecule has 1 aliphatic heterocycles. The van der Waals surface area contributed by atoms with Gasteiger partial charge in [-0.1, -0.05) is 0 Å². The van der Waals surface area contributed by atoms with Gasteiger partial charge in [0.25, 0.3) is 5.91 Å². The number of morpholine rings is 1. The summed E-state index contributed by atoms with van der Waals surface area (Å²) < 4.78 is 5.71. The molecule has 1 aliphatic rings. The zero-order chi connectivity index (χ0) is 16.0. The molecule has 118 valence electrons. The van der Waals surface area contributed by atoms with E-state index in [9.17, 15) is 4.79 Å². The zero-order valence-electron chi connectivity index (χ0n) is 13.6. The first kappa shape index (κ1) is 15.4. The minimum atomic E-state index is 0.0751. The number of carbonyl (C=O) groups is 1. The lowest BCUT2D eigenvalue weighted by Crippen LogP contribution is -2.48. The van der Waals surface area contributed by atoms with Crippen LogP contribution in [0.5, 0.6) is 0 Å². The van der Waals surface area contributed by atoms with Crippen molar-refractivity contribution in [3.05, 3.63) is 22.0 Å². The van der Waals surface area contributed by atoms with Gasteiger partial charge in [-0.25, -0.2) is 9.97 Å². The first-order valence-corrected chi connectivity index (χ1v) is 8.37. The van der Waals surface area contributed by atoms with Crippen molar-refractivity contribution in [2.24, 2.45) is 0 Å². The molecular formula is C16H21N3O2S. The van der Waals surface area contributed by atoms with Crippen LogP contribution in [0.4, 0.5) is 0 Å². The monoisotopic (exact) mass is 319 g/mol. The van der Waals surface area contributed by atoms with E-state index >= 15 is 0 Å². The molecule has 0 aromatic carbocycles. The Labute approximate surface area is 134 Å². The maximum absolute atomic E-state index is 12.9. The van der Waals surface area contributed by atoms with E-state index in [2.05, 4.69) is 9.97 Å². The Kier molecular flexibility index (Phi) is 3.91. The quantitative estimate of drug-likeness (QED) is 0.811. The Morgan fingerprint density at radius 2 is 1.82 bits per heavy atom. The van der Waals surface area contributed by atoms with Crippen LogP contribution in [0, 0.1) is 20.8 Å². The summed E-state index contributed by atoms with van der Waals surface area (Å²) in [6, 6.07) is 0. The fourth-order valence-corrected chi connectivity index (χ4v) is 4.41. The van der Waals surface area contributed by atoms with E-state index in [1.165, 1.54) is 11.3 Å². The molecule has 1 fully saturated rings. The minimum absolute atomic E-state index is 0.0751. The van der Waals surface area contributed by atoms with Gasteiger partial charge in [0.05, 0.1) is 17.1 Å². The number of aryl methyl sites for hydroxylation is 3. The summed E-state index contributed by atoms with van der Waals surface area (Å²) in [5.74, 6) is 0.832. The van der Waals surface area contributed by atoms with E-state index in [0.717, 1.165) is 32.2 Å². The van der Waals surface area contributed by atoms with Gasteiger partial charge in [0.1, 0.15) is 10.7 Å². The lowest BCUT2D eigenvalue weighted by molar-refractivity contribution is -0.0585. The first-order valence-electron chi connectivity index (χ1n) is 7.56. The predicted molar refractivity (Wildman–Crippen MR) is 87.5 cm³/mol. The number of thiophene rings is 1. The smallest absolute Gasteiger partial charge is 0.264 e. The highest BCUT2D eigenvalue weighted by Crippen LogP contribution is 2.32. The van der Waals surface area contributed by atoms with Gasteiger partial charge < -0.3 is 9.64 Å². The van der Waals surface area contributed by atoms with Gasteiger partial charge in [0.15, 0.2) is 0 Å². The fourth-order valence-electron chi connectivity index (χ4n) is 3.16. The van der Waals surface area contributed by atoms with Crippen LogP contribution in [-0.4, -0.2) is 46.1 Å². The van der Waals surface area contributed by atoms with Crippen molar-refractivity contribution in [1.82, 2.24) is 14.9 Å². The summed E-state index contributed by atoms with van der Waals surface area (Å²) in [6.07, 6.45) is 0.150. The third kappa shape index (κ3) is 2.61. The maximum Gasteiger partial charge on any atom is 0.264 e. The molecule has 6 heteroatoms. The van der Waals surface area contributed by atoms with E-state index in [0.29, 0.717) is 13.1 Å². The second kappa shape index (κ2) is 5.59. The molecule has 2 aromatic heterocycles. The number of amides is 1. The molecule has 2 aromatic rings. The number of rotatable bonds is 1. The summed E-state index contributed by atoms with van der Waals surface area (Å²) in [6.45, 7) is 11.1. The number of hydrogen-bond donors (Lipinski definition) is 0. The van der Waals surface area contributed by atoms with Crippen LogP contribution in [0.25, 0.3) is 10.2 Å². The van der Waals surface area contributed by atoms with Crippen molar-refractivity contribution in [2.75, 3.05) is 13.1 Å². The Morgan fingerprint density at radius 3 is 2.45 bits per heavy atom. The normalized spacial score (nSPS) is 22.3. The van der Waals surface area contributed by atoms with Crippen molar-refractivity contribution in [3.63, 3.8) is 0 Å². The summed E-state index contributed by atoms with van der Waals surface area (Å²) in [5.41, 5.74) is 1.94. The standard InChI is InChI=1S/C16H21N3O2S/c1-8-6-19(7-9(2)21-8)16(20)14-10(3)13-11(4)17-12(5)18-15(13)22-14/h8-9H,6-7H2,1-5H3/t8-,9-/m0/s1. The highest BCUT2D eigenvalue weighted by atomic mass is 32.1. The molecule has 0 aliphatic carbocycles. The molecule has 0 N–H and O–H groups in total. The maximum atomic E-state index is 12.9. The molecule has 2 atom stereocenters. The summed E-state index contributed by atoms with van der Waals surface area (Å²) >= 11 is 1.47. The van der Waals surface area contributed by atoms with Gasteiger partial charge in [-0.05, 0) is 40.2 Å². The Hall–Kier alpha value is -1.53. The van der Waals surface area contributed by atoms with Gasteiger partial charge in [-0.2, -0.15) is 0 Å². The van der Waals surface area contributed by atoms with E-state index in [4.69, 9.17) is 4.74 Å². The molecule has 5 nitrogen and oxygen atoms in total. The van der Waals surface area contributed by atoms with Gasteiger partial charge in [-0.15, -0.1) is 11.3 Å². The van der Waals surface area contributed by atoms with E-state index in [-0.39, 0.29) is 18.1 Å². The molecule has 1 saturated heterocycles. The van der Waals surface area contributed by atoms with Crippen LogP contribution in [0.15, 0.2) is 0 Å². The SMILES string of the molecule is Cc1nc(C)c2c(C)c(C(=O)N3C[C@H](C)O[C@@H](C)C3)sc2n1. The lowest BCUT2D eigenvalue weighted by atomic mass is 10.1. The number of hydrogen-bond acceptors (Lipinski definition) is 5. The number of aromatic nitrogens is 2. The molecule has 0 radical (unpaired) electrons. The van der Waals surface area contributed by atoms with Crippen LogP contribution >= 0.6 is 11.3 Å². The Morgan fingerprint density at radius 1 is 1.18 bits per heavy atom. The second-order valence-corrected chi connectivity index (χ2v) is 7.06. The van der Waals surface area contributed by atoms with Gasteiger partial charge >= 0.3 is 0 Å². The average Bonchev–Trinajstić information content (AvgIpc) is 2.73. The molecule has 0 spiro atoms. The molecule has 1 amide bonds. The van der Waals surface area contributed by atoms with Gasteiger partial charge in [0.2, 0.25) is 0 Å². The van der Waals surface area contributed by atoms with Crippen molar-refractivity contribution in [2.45, 2.75) is 46.8 Å². The zero-order valence-corrected chi connectivity index (χ0v) is 14.5. The van der Waals surface area contributed by atoms with E-state index < -0.39 is 0 Å². The van der Waals surface area contributed by atoms with Crippen molar-refractivity contribution in [3.8, 4) is 0 Å². The largest absolute Gasteiger partial charge is 0.372 e. The topological polar surface area (TPSA) is 55.3 Å². The van der Waals surface area contributed by atoms with Crippen LogP contribution in [0.2, 0.25) is 0 Å². The average molecular weight is 319 g/mol. The van der Waals surface area contributed by atoms with Gasteiger partial charge in [-0.3, -0.25) is 4.79 Å². The molecule has 3 rings (SSSR count). The molecule has 0 unspecified atom stereocenters. The van der Waals surface area contributed by atoms with Crippen LogP contribution in [-0.2, 0) is 4.74 Å². The summed E-state index contributed by atoms with van der Waals surface area (Å²) in [4.78, 5) is 25.4. The van der Waals surface area contributed by atoms with Crippen molar-refractivity contribution < 1.29 is 9.53 Å². The Balaban J connectivity index is 2.01. The number of nitrogens with zero attached hydrogens (tertiary/aromatic N) is 3. The molecular weight excluding hydrogens is 298 g/mol. The van der Waals surface area contributed by atoms with Crippen LogP contribution < -0.4 is 0 Å². The highest BCUT2D eigenvalue weighted by Gasteiger charge is 2.29. The fraction of sp³-hybridized carbons (Fsp3) is 0.562. The van der Waals surface area contributed by atoms with Gasteiger partial charge in [0, 0.05) is 24.2 Å². The van der Waals surface area contributed by atoms with Crippen molar-refractivity contribution >= 4 is 27.5 Å². The molecule has 22 heavy (non-hydrogen) atoms. The van der Waals surface area contributed by atoms with Crippen LogP contribution in [0.1, 0.15) is 40.6 Å². The van der Waals surface area contributed by atoms with E-state index in [1.807, 2.05) is 39.5 Å². The highest BCUT2D eigenvalue weighted by molar-refractivity contribution is 7.20. The second-order valence-electron chi connectivity index (χ2n) is 6.06. The molecule has 3 heterocycles. The van der Waals surface area contributed by atoms with Crippen LogP contribution in [0.3, 0.4) is 0 Å². The first-order chi connectivity index (χ1) is 10.4. The number of carbonyl (C=O) groups excluding carboxylic acids is 1. The lowest BCUT2D eigenvalue weighted by Gasteiger charge is -2.35. The van der Waals surface area contributed by atoms with E-state index in [1.54, 1.807) is 0 Å². The number of fused-ring (bicyclic) bond motifs is 1.